The van der Waals surface area contributed by atoms with E-state index in [1.807, 2.05) is 78.9 Å². The highest BCUT2D eigenvalue weighted by Crippen LogP contribution is 2.62. The molecule has 0 saturated heterocycles. The Labute approximate surface area is 366 Å². The molecule has 1 spiro atoms. The van der Waals surface area contributed by atoms with Crippen LogP contribution in [0.3, 0.4) is 0 Å². The lowest BCUT2D eigenvalue weighted by atomic mass is 9.65. The van der Waals surface area contributed by atoms with E-state index in [1.54, 1.807) is 11.3 Å². The Balaban J connectivity index is 1.07. The second-order valence-corrected chi connectivity index (χ2v) is 17.0. The molecule has 3 aromatic heterocycles. The van der Waals surface area contributed by atoms with Crippen LogP contribution in [-0.2, 0) is 5.41 Å². The molecule has 0 N–H and O–H groups in total. The van der Waals surface area contributed by atoms with E-state index in [0.29, 0.717) is 23.3 Å². The second-order valence-electron chi connectivity index (χ2n) is 15.9. The topological polar surface area (TPSA) is 73.7 Å². The Kier molecular flexibility index (Phi) is 7.89. The van der Waals surface area contributed by atoms with Crippen LogP contribution in [0.4, 0.5) is 0 Å². The van der Waals surface area contributed by atoms with Gasteiger partial charge in [-0.15, -0.1) is 11.3 Å². The summed E-state index contributed by atoms with van der Waals surface area (Å²) in [5.74, 6) is 4.16. The molecular formula is C56H33N5OS. The maximum atomic E-state index is 6.74. The van der Waals surface area contributed by atoms with E-state index in [4.69, 9.17) is 29.7 Å². The summed E-state index contributed by atoms with van der Waals surface area (Å²) in [4.78, 5) is 26.1. The highest BCUT2D eigenvalue weighted by Gasteiger charge is 2.51. The fourth-order valence-electron chi connectivity index (χ4n) is 9.63. The molecule has 0 unspecified atom stereocenters. The first-order valence-corrected chi connectivity index (χ1v) is 21.8. The van der Waals surface area contributed by atoms with Crippen molar-refractivity contribution in [2.24, 2.45) is 0 Å². The first kappa shape index (κ1) is 35.6. The summed E-state index contributed by atoms with van der Waals surface area (Å²) < 4.78 is 9.02. The average molecular weight is 824 g/mol. The molecule has 294 valence electrons. The summed E-state index contributed by atoms with van der Waals surface area (Å²) >= 11 is 1.75. The van der Waals surface area contributed by atoms with Crippen LogP contribution in [0.1, 0.15) is 22.3 Å². The lowest BCUT2D eigenvalue weighted by molar-refractivity contribution is 0.436. The highest BCUT2D eigenvalue weighted by molar-refractivity contribution is 7.26. The fourth-order valence-corrected chi connectivity index (χ4v) is 10.8. The minimum absolute atomic E-state index is 0.601. The molecule has 4 heterocycles. The van der Waals surface area contributed by atoms with Crippen LogP contribution in [0.5, 0.6) is 11.5 Å². The van der Waals surface area contributed by atoms with Gasteiger partial charge in [0, 0.05) is 49.0 Å². The van der Waals surface area contributed by atoms with Crippen molar-refractivity contribution >= 4 is 31.6 Å². The predicted molar refractivity (Wildman–Crippen MR) is 253 cm³/mol. The molecule has 8 aromatic carbocycles. The Morgan fingerprint density at radius 2 is 0.825 bits per heavy atom. The van der Waals surface area contributed by atoms with Gasteiger partial charge in [-0.3, -0.25) is 0 Å². The van der Waals surface area contributed by atoms with E-state index in [2.05, 4.69) is 121 Å². The van der Waals surface area contributed by atoms with Crippen molar-refractivity contribution in [1.82, 2.24) is 24.9 Å². The zero-order chi connectivity index (χ0) is 41.5. The maximum absolute atomic E-state index is 6.74. The van der Waals surface area contributed by atoms with Gasteiger partial charge in [-0.25, -0.2) is 24.9 Å². The lowest BCUT2D eigenvalue weighted by Gasteiger charge is -2.39. The van der Waals surface area contributed by atoms with Crippen LogP contribution in [-0.4, -0.2) is 24.9 Å². The van der Waals surface area contributed by atoms with Gasteiger partial charge in [0.1, 0.15) is 11.5 Å². The fraction of sp³-hybridized carbons (Fsp3) is 0.0179. The number of benzene rings is 8. The van der Waals surface area contributed by atoms with Crippen molar-refractivity contribution in [2.45, 2.75) is 5.41 Å². The van der Waals surface area contributed by atoms with Gasteiger partial charge in [-0.1, -0.05) is 170 Å². The molecule has 11 aromatic rings. The quantitative estimate of drug-likeness (QED) is 0.172. The molecule has 0 amide bonds. The summed E-state index contributed by atoms with van der Waals surface area (Å²) in [5, 5.41) is 1.13. The number of fused-ring (bicyclic) bond motifs is 12. The molecule has 0 atom stereocenters. The molecule has 0 fully saturated rings. The van der Waals surface area contributed by atoms with E-state index in [9.17, 15) is 0 Å². The SMILES string of the molecule is c1ccc(-c2nc(-c3ccccc3)nc(-c3ccc4c(c3)C3(c5ccccc5Oc5ccccc53)c3cc(-c5nc(-c6ccccc6)c6sc7ccccc7c6n5)ccc3-4)n2)cc1. The number of hydrogen-bond donors (Lipinski definition) is 0. The van der Waals surface area contributed by atoms with Gasteiger partial charge in [-0.05, 0) is 52.6 Å². The molecule has 13 rings (SSSR count). The van der Waals surface area contributed by atoms with Crippen molar-refractivity contribution in [3.8, 4) is 79.4 Å². The molecule has 6 nitrogen and oxygen atoms in total. The third-order valence-corrected chi connectivity index (χ3v) is 13.6. The highest BCUT2D eigenvalue weighted by atomic mass is 32.1. The largest absolute Gasteiger partial charge is 0.457 e. The molecule has 0 radical (unpaired) electrons. The maximum Gasteiger partial charge on any atom is 0.164 e. The van der Waals surface area contributed by atoms with Crippen LogP contribution in [0.25, 0.3) is 88.2 Å². The Bertz CT molecular complexity index is 3500. The second kappa shape index (κ2) is 14.0. The summed E-state index contributed by atoms with van der Waals surface area (Å²) in [6.45, 7) is 0. The number of aromatic nitrogens is 5. The van der Waals surface area contributed by atoms with Crippen LogP contribution in [0.2, 0.25) is 0 Å². The Morgan fingerprint density at radius 1 is 0.365 bits per heavy atom. The van der Waals surface area contributed by atoms with Crippen LogP contribution >= 0.6 is 11.3 Å². The molecule has 2 aliphatic rings. The van der Waals surface area contributed by atoms with Crippen molar-refractivity contribution < 1.29 is 4.74 Å². The minimum Gasteiger partial charge on any atom is -0.457 e. The normalized spacial score (nSPS) is 13.0. The van der Waals surface area contributed by atoms with Crippen molar-refractivity contribution in [3.63, 3.8) is 0 Å². The van der Waals surface area contributed by atoms with E-state index in [1.165, 1.54) is 4.70 Å². The standard InChI is InChI=1S/C56H33N5OS/c1-4-16-34(17-5-1)49-51-50(41-22-10-15-27-48(41)63-51)58-54(57-49)37-28-30-39-40-31-29-38(55-60-52(35-18-6-2-7-19-35)59-53(61-55)36-20-8-3-9-21-36)33-45(40)56(44(39)32-37)42-23-11-13-25-46(42)62-47-26-14-12-24-43(47)56/h1-33H. The average Bonchev–Trinajstić information content (AvgIpc) is 3.87. The molecule has 0 bridgehead atoms. The lowest BCUT2D eigenvalue weighted by Crippen LogP contribution is -2.32. The number of thiophene rings is 1. The number of ether oxygens (including phenoxy) is 1. The minimum atomic E-state index is -0.763. The first-order valence-electron chi connectivity index (χ1n) is 21.0. The van der Waals surface area contributed by atoms with Crippen molar-refractivity contribution in [2.75, 3.05) is 0 Å². The van der Waals surface area contributed by atoms with Crippen LogP contribution in [0.15, 0.2) is 200 Å². The van der Waals surface area contributed by atoms with Gasteiger partial charge in [-0.2, -0.15) is 0 Å². The zero-order valence-corrected chi connectivity index (χ0v) is 34.4. The van der Waals surface area contributed by atoms with Gasteiger partial charge >= 0.3 is 0 Å². The number of nitrogens with zero attached hydrogens (tertiary/aromatic N) is 5. The number of para-hydroxylation sites is 2. The third kappa shape index (κ3) is 5.46. The molecule has 0 saturated carbocycles. The van der Waals surface area contributed by atoms with E-state index in [0.717, 1.165) is 94.0 Å². The predicted octanol–water partition coefficient (Wildman–Crippen LogP) is 13.8. The summed E-state index contributed by atoms with van der Waals surface area (Å²) in [6.07, 6.45) is 0. The molecule has 7 heteroatoms. The first-order chi connectivity index (χ1) is 31.2. The van der Waals surface area contributed by atoms with E-state index < -0.39 is 5.41 Å². The Morgan fingerprint density at radius 3 is 1.40 bits per heavy atom. The summed E-state index contributed by atoms with van der Waals surface area (Å²) in [6, 6.07) is 69.5. The molecule has 1 aliphatic carbocycles. The van der Waals surface area contributed by atoms with E-state index in [-0.39, 0.29) is 0 Å². The third-order valence-electron chi connectivity index (χ3n) is 12.4. The molecule has 63 heavy (non-hydrogen) atoms. The molecular weight excluding hydrogens is 791 g/mol. The summed E-state index contributed by atoms with van der Waals surface area (Å²) in [7, 11) is 0. The number of rotatable bonds is 5. The van der Waals surface area contributed by atoms with Gasteiger partial charge in [0.15, 0.2) is 23.3 Å². The molecule has 1 aliphatic heterocycles. The van der Waals surface area contributed by atoms with Crippen molar-refractivity contribution in [1.29, 1.82) is 0 Å². The van der Waals surface area contributed by atoms with Crippen molar-refractivity contribution in [3.05, 3.63) is 222 Å². The van der Waals surface area contributed by atoms with Gasteiger partial charge < -0.3 is 4.74 Å². The summed E-state index contributed by atoms with van der Waals surface area (Å²) in [5.41, 5.74) is 12.6. The smallest absolute Gasteiger partial charge is 0.164 e. The zero-order valence-electron chi connectivity index (χ0n) is 33.6. The van der Waals surface area contributed by atoms with Gasteiger partial charge in [0.05, 0.1) is 21.3 Å². The van der Waals surface area contributed by atoms with Crippen LogP contribution < -0.4 is 4.74 Å². The monoisotopic (exact) mass is 823 g/mol. The van der Waals surface area contributed by atoms with Gasteiger partial charge in [0.25, 0.3) is 0 Å². The Hall–Kier alpha value is -8.13. The van der Waals surface area contributed by atoms with E-state index >= 15 is 0 Å². The van der Waals surface area contributed by atoms with Gasteiger partial charge in [0.2, 0.25) is 0 Å². The number of hydrogen-bond acceptors (Lipinski definition) is 7. The van der Waals surface area contributed by atoms with Crippen LogP contribution in [0, 0.1) is 0 Å².